The van der Waals surface area contributed by atoms with Crippen molar-refractivity contribution in [2.75, 3.05) is 13.6 Å². The summed E-state index contributed by atoms with van der Waals surface area (Å²) >= 11 is 0. The second kappa shape index (κ2) is 7.52. The summed E-state index contributed by atoms with van der Waals surface area (Å²) in [4.78, 5) is 4.14. The molecule has 0 heterocycles. The Hall–Kier alpha value is -2.94. The van der Waals surface area contributed by atoms with Gasteiger partial charge in [-0.15, -0.1) is 0 Å². The molecule has 0 saturated heterocycles. The fourth-order valence-electron chi connectivity index (χ4n) is 3.00. The lowest BCUT2D eigenvalue weighted by Gasteiger charge is -2.19. The number of hydrogen-bond donors (Lipinski definition) is 2. The lowest BCUT2D eigenvalue weighted by atomic mass is 9.95. The van der Waals surface area contributed by atoms with Gasteiger partial charge in [-0.2, -0.15) is 5.26 Å². The van der Waals surface area contributed by atoms with Crippen molar-refractivity contribution in [1.82, 2.24) is 10.6 Å². The molecule has 2 aromatic rings. The van der Waals surface area contributed by atoms with E-state index >= 15 is 0 Å². The van der Waals surface area contributed by atoms with Crippen LogP contribution in [0.3, 0.4) is 0 Å². The summed E-state index contributed by atoms with van der Waals surface area (Å²) in [5.41, 5.74) is 1.25. The molecule has 26 heavy (non-hydrogen) atoms. The van der Waals surface area contributed by atoms with E-state index < -0.39 is 5.82 Å². The molecule has 1 saturated carbocycles. The van der Waals surface area contributed by atoms with Gasteiger partial charge in [-0.25, -0.2) is 8.78 Å². The van der Waals surface area contributed by atoms with Gasteiger partial charge in [0.15, 0.2) is 5.96 Å². The second-order valence-corrected chi connectivity index (χ2v) is 6.46. The summed E-state index contributed by atoms with van der Waals surface area (Å²) in [5.74, 6) is -0.0946. The number of halogens is 2. The van der Waals surface area contributed by atoms with E-state index in [9.17, 15) is 8.78 Å². The first-order valence-electron chi connectivity index (χ1n) is 8.46. The predicted octanol–water partition coefficient (Wildman–Crippen LogP) is 3.23. The minimum absolute atomic E-state index is 0.186. The Morgan fingerprint density at radius 2 is 1.92 bits per heavy atom. The molecule has 0 spiro atoms. The normalized spacial score (nSPS) is 15.2. The van der Waals surface area contributed by atoms with Crippen LogP contribution in [0.5, 0.6) is 0 Å². The van der Waals surface area contributed by atoms with Crippen molar-refractivity contribution in [3.63, 3.8) is 0 Å². The molecule has 1 fully saturated rings. The third-order valence-electron chi connectivity index (χ3n) is 4.75. The fourth-order valence-corrected chi connectivity index (χ4v) is 3.00. The van der Waals surface area contributed by atoms with Crippen LogP contribution in [-0.4, -0.2) is 19.6 Å². The van der Waals surface area contributed by atoms with Gasteiger partial charge in [0.25, 0.3) is 0 Å². The molecular formula is C20H20F2N4. The molecule has 6 heteroatoms. The number of benzene rings is 2. The van der Waals surface area contributed by atoms with Crippen molar-refractivity contribution in [3.05, 3.63) is 70.8 Å². The van der Waals surface area contributed by atoms with Gasteiger partial charge in [0, 0.05) is 31.1 Å². The number of guanidine groups is 1. The largest absolute Gasteiger partial charge is 0.356 e. The number of aliphatic imine (C=N–C) groups is 1. The Labute approximate surface area is 151 Å². The average Bonchev–Trinajstić information content (AvgIpc) is 3.44. The van der Waals surface area contributed by atoms with Gasteiger partial charge in [0.2, 0.25) is 0 Å². The average molecular weight is 354 g/mol. The van der Waals surface area contributed by atoms with Crippen LogP contribution >= 0.6 is 0 Å². The maximum Gasteiger partial charge on any atom is 0.191 e. The summed E-state index contributed by atoms with van der Waals surface area (Å²) < 4.78 is 28.0. The monoisotopic (exact) mass is 354 g/mol. The highest BCUT2D eigenvalue weighted by molar-refractivity contribution is 5.79. The van der Waals surface area contributed by atoms with Crippen LogP contribution in [0.1, 0.15) is 29.5 Å². The van der Waals surface area contributed by atoms with E-state index in [1.54, 1.807) is 25.2 Å². The van der Waals surface area contributed by atoms with Crippen LogP contribution < -0.4 is 10.6 Å². The lowest BCUT2D eigenvalue weighted by Crippen LogP contribution is -2.41. The van der Waals surface area contributed by atoms with Crippen LogP contribution in [0.4, 0.5) is 8.78 Å². The molecule has 4 nitrogen and oxygen atoms in total. The standard InChI is InChI=1S/C20H20F2N4/c1-24-19(25-12-15-7-6-14(11-23)10-18(15)22)26-13-20(8-9-20)16-4-2-3-5-17(16)21/h2-7,10H,8-9,12-13H2,1H3,(H2,24,25,26). The summed E-state index contributed by atoms with van der Waals surface area (Å²) in [5, 5.41) is 15.0. The Kier molecular flexibility index (Phi) is 5.17. The van der Waals surface area contributed by atoms with Crippen LogP contribution in [0.25, 0.3) is 0 Å². The van der Waals surface area contributed by atoms with E-state index in [4.69, 9.17) is 5.26 Å². The van der Waals surface area contributed by atoms with E-state index in [0.717, 1.165) is 18.4 Å². The van der Waals surface area contributed by atoms with Gasteiger partial charge in [0.05, 0.1) is 11.6 Å². The molecule has 0 aliphatic heterocycles. The summed E-state index contributed by atoms with van der Waals surface area (Å²) in [7, 11) is 1.63. The molecule has 134 valence electrons. The zero-order valence-corrected chi connectivity index (χ0v) is 14.5. The molecule has 2 aromatic carbocycles. The van der Waals surface area contributed by atoms with Gasteiger partial charge in [-0.1, -0.05) is 24.3 Å². The zero-order valence-electron chi connectivity index (χ0n) is 14.5. The molecule has 1 aliphatic carbocycles. The minimum atomic E-state index is -0.433. The molecule has 0 amide bonds. The Morgan fingerprint density at radius 3 is 2.54 bits per heavy atom. The SMILES string of the molecule is CN=C(NCc1ccc(C#N)cc1F)NCC1(c2ccccc2F)CC1. The lowest BCUT2D eigenvalue weighted by molar-refractivity contribution is 0.559. The third kappa shape index (κ3) is 3.83. The first-order valence-corrected chi connectivity index (χ1v) is 8.46. The molecule has 0 radical (unpaired) electrons. The Bertz CT molecular complexity index is 866. The van der Waals surface area contributed by atoms with Gasteiger partial charge in [-0.05, 0) is 36.6 Å². The van der Waals surface area contributed by atoms with Crippen molar-refractivity contribution in [2.24, 2.45) is 4.99 Å². The quantitative estimate of drug-likeness (QED) is 0.640. The van der Waals surface area contributed by atoms with Gasteiger partial charge < -0.3 is 10.6 Å². The van der Waals surface area contributed by atoms with Crippen LogP contribution in [0, 0.1) is 23.0 Å². The smallest absolute Gasteiger partial charge is 0.191 e. The highest BCUT2D eigenvalue weighted by atomic mass is 19.1. The number of hydrogen-bond acceptors (Lipinski definition) is 2. The molecular weight excluding hydrogens is 334 g/mol. The first kappa shape index (κ1) is 17.9. The molecule has 3 rings (SSSR count). The van der Waals surface area contributed by atoms with E-state index in [2.05, 4.69) is 15.6 Å². The third-order valence-corrected chi connectivity index (χ3v) is 4.75. The topological polar surface area (TPSA) is 60.2 Å². The summed E-state index contributed by atoms with van der Waals surface area (Å²) in [6, 6.07) is 13.1. The molecule has 1 aliphatic rings. The molecule has 0 bridgehead atoms. The highest BCUT2D eigenvalue weighted by Crippen LogP contribution is 2.48. The van der Waals surface area contributed by atoms with Crippen LogP contribution in [0.15, 0.2) is 47.5 Å². The Morgan fingerprint density at radius 1 is 1.15 bits per heavy atom. The maximum atomic E-state index is 14.1. The minimum Gasteiger partial charge on any atom is -0.356 e. The van der Waals surface area contributed by atoms with E-state index in [-0.39, 0.29) is 23.3 Å². The summed E-state index contributed by atoms with van der Waals surface area (Å²) in [6.45, 7) is 0.799. The number of rotatable bonds is 5. The van der Waals surface area contributed by atoms with Crippen LogP contribution in [-0.2, 0) is 12.0 Å². The number of nitrogens with zero attached hydrogens (tertiary/aromatic N) is 2. The van der Waals surface area contributed by atoms with Crippen LogP contribution in [0.2, 0.25) is 0 Å². The fraction of sp³-hybridized carbons (Fsp3) is 0.300. The van der Waals surface area contributed by atoms with Crippen molar-refractivity contribution < 1.29 is 8.78 Å². The maximum absolute atomic E-state index is 14.1. The van der Waals surface area contributed by atoms with Crippen molar-refractivity contribution in [1.29, 1.82) is 5.26 Å². The van der Waals surface area contributed by atoms with Crippen molar-refractivity contribution in [3.8, 4) is 6.07 Å². The van der Waals surface area contributed by atoms with Crippen molar-refractivity contribution >= 4 is 5.96 Å². The van der Waals surface area contributed by atoms with E-state index in [0.29, 0.717) is 18.1 Å². The Balaban J connectivity index is 1.59. The van der Waals surface area contributed by atoms with E-state index in [1.807, 2.05) is 18.2 Å². The number of nitrogens with one attached hydrogen (secondary N) is 2. The van der Waals surface area contributed by atoms with E-state index in [1.165, 1.54) is 12.1 Å². The van der Waals surface area contributed by atoms with Gasteiger partial charge in [-0.3, -0.25) is 4.99 Å². The van der Waals surface area contributed by atoms with Gasteiger partial charge >= 0.3 is 0 Å². The predicted molar refractivity (Wildman–Crippen MR) is 96.6 cm³/mol. The van der Waals surface area contributed by atoms with Crippen molar-refractivity contribution in [2.45, 2.75) is 24.8 Å². The second-order valence-electron chi connectivity index (χ2n) is 6.46. The zero-order chi connectivity index (χ0) is 18.6. The first-order chi connectivity index (χ1) is 12.6. The number of nitriles is 1. The molecule has 0 atom stereocenters. The van der Waals surface area contributed by atoms with Gasteiger partial charge in [0.1, 0.15) is 11.6 Å². The highest BCUT2D eigenvalue weighted by Gasteiger charge is 2.45. The molecule has 0 unspecified atom stereocenters. The molecule has 0 aromatic heterocycles. The molecule has 2 N–H and O–H groups in total. The summed E-state index contributed by atoms with van der Waals surface area (Å²) in [6.07, 6.45) is 1.84.